The van der Waals surface area contributed by atoms with E-state index < -0.39 is 5.97 Å². The predicted octanol–water partition coefficient (Wildman–Crippen LogP) is 3.85. The van der Waals surface area contributed by atoms with Crippen LogP contribution in [0.3, 0.4) is 0 Å². The fourth-order valence-electron chi connectivity index (χ4n) is 1.36. The minimum atomic E-state index is -0.819. The van der Waals surface area contributed by atoms with Gasteiger partial charge in [-0.15, -0.1) is 0 Å². The van der Waals surface area contributed by atoms with E-state index in [0.717, 1.165) is 8.95 Å². The summed E-state index contributed by atoms with van der Waals surface area (Å²) in [7, 11) is 1.59. The van der Waals surface area contributed by atoms with E-state index in [4.69, 9.17) is 14.6 Å². The molecule has 6 heteroatoms. The molecule has 18 heavy (non-hydrogen) atoms. The quantitative estimate of drug-likeness (QED) is 0.812. The molecule has 1 aromatic rings. The van der Waals surface area contributed by atoms with Crippen LogP contribution in [0.4, 0.5) is 0 Å². The molecule has 0 saturated carbocycles. The van der Waals surface area contributed by atoms with Gasteiger partial charge in [-0.2, -0.15) is 0 Å². The Hall–Kier alpha value is -0.750. The molecule has 1 aromatic carbocycles. The van der Waals surface area contributed by atoms with Crippen LogP contribution in [-0.2, 0) is 4.79 Å². The summed E-state index contributed by atoms with van der Waals surface area (Å²) in [5.74, 6) is 0.536. The zero-order chi connectivity index (χ0) is 13.7. The second-order valence-electron chi connectivity index (χ2n) is 3.78. The van der Waals surface area contributed by atoms with E-state index in [1.54, 1.807) is 19.2 Å². The van der Waals surface area contributed by atoms with Gasteiger partial charge < -0.3 is 14.6 Å². The van der Waals surface area contributed by atoms with E-state index in [-0.39, 0.29) is 12.5 Å². The first-order chi connectivity index (χ1) is 8.43. The van der Waals surface area contributed by atoms with Gasteiger partial charge in [-0.05, 0) is 57.3 Å². The summed E-state index contributed by atoms with van der Waals surface area (Å²) >= 11 is 6.76. The number of hydrogen-bond acceptors (Lipinski definition) is 3. The van der Waals surface area contributed by atoms with Crippen molar-refractivity contribution >= 4 is 37.8 Å². The second-order valence-corrected chi connectivity index (χ2v) is 5.49. The van der Waals surface area contributed by atoms with Crippen molar-refractivity contribution in [3.63, 3.8) is 0 Å². The van der Waals surface area contributed by atoms with Gasteiger partial charge >= 0.3 is 5.97 Å². The monoisotopic (exact) mass is 380 g/mol. The molecule has 0 aliphatic carbocycles. The summed E-state index contributed by atoms with van der Waals surface area (Å²) in [5, 5.41) is 8.61. The Labute approximate surface area is 123 Å². The molecule has 4 nitrogen and oxygen atoms in total. The highest BCUT2D eigenvalue weighted by atomic mass is 79.9. The first kappa shape index (κ1) is 15.3. The van der Waals surface area contributed by atoms with Crippen LogP contribution in [-0.4, -0.2) is 24.3 Å². The number of carbonyl (C=O) groups is 1. The molecule has 0 spiro atoms. The summed E-state index contributed by atoms with van der Waals surface area (Å²) in [6, 6.07) is 3.59. The molecule has 1 rings (SSSR count). The number of rotatable bonds is 6. The minimum absolute atomic E-state index is 0.0934. The van der Waals surface area contributed by atoms with Crippen LogP contribution in [0.5, 0.6) is 11.5 Å². The molecule has 1 atom stereocenters. The third-order valence-corrected chi connectivity index (χ3v) is 3.54. The van der Waals surface area contributed by atoms with E-state index in [2.05, 4.69) is 31.9 Å². The zero-order valence-corrected chi connectivity index (χ0v) is 13.2. The second kappa shape index (κ2) is 6.99. The first-order valence-corrected chi connectivity index (χ1v) is 6.94. The smallest absolute Gasteiger partial charge is 0.303 e. The normalized spacial score (nSPS) is 12.0. The molecule has 0 fully saturated rings. The number of carboxylic acids is 1. The molecule has 0 aromatic heterocycles. The van der Waals surface area contributed by atoms with E-state index in [1.807, 2.05) is 6.92 Å². The number of ether oxygens (including phenoxy) is 2. The van der Waals surface area contributed by atoms with Crippen LogP contribution in [0, 0.1) is 0 Å². The highest BCUT2D eigenvalue weighted by Crippen LogP contribution is 2.36. The summed E-state index contributed by atoms with van der Waals surface area (Å²) in [6.07, 6.45) is 0.388. The SMILES string of the molecule is COc1cc(Br)c(OC(C)CCC(=O)O)cc1Br. The van der Waals surface area contributed by atoms with Crippen molar-refractivity contribution in [1.82, 2.24) is 0 Å². The van der Waals surface area contributed by atoms with E-state index >= 15 is 0 Å². The number of hydrogen-bond donors (Lipinski definition) is 1. The van der Waals surface area contributed by atoms with Gasteiger partial charge in [-0.1, -0.05) is 0 Å². The highest BCUT2D eigenvalue weighted by molar-refractivity contribution is 9.11. The first-order valence-electron chi connectivity index (χ1n) is 5.35. The van der Waals surface area contributed by atoms with Gasteiger partial charge in [0, 0.05) is 6.42 Å². The molecule has 0 aliphatic rings. The van der Waals surface area contributed by atoms with Gasteiger partial charge in [0.25, 0.3) is 0 Å². The molecule has 0 aliphatic heterocycles. The number of halogens is 2. The van der Waals surface area contributed by atoms with Gasteiger partial charge in [0.1, 0.15) is 11.5 Å². The predicted molar refractivity (Wildman–Crippen MR) is 75.4 cm³/mol. The molecular weight excluding hydrogens is 368 g/mol. The van der Waals surface area contributed by atoms with Gasteiger partial charge in [-0.25, -0.2) is 0 Å². The molecular formula is C12H14Br2O4. The number of aliphatic carboxylic acids is 1. The van der Waals surface area contributed by atoms with Gasteiger partial charge in [0.2, 0.25) is 0 Å². The Morgan fingerprint density at radius 1 is 1.33 bits per heavy atom. The molecule has 1 N–H and O–H groups in total. The standard InChI is InChI=1S/C12H14Br2O4/c1-7(3-4-12(15)16)18-11-6-8(13)10(17-2)5-9(11)14/h5-7H,3-4H2,1-2H3,(H,15,16). The number of benzene rings is 1. The van der Waals surface area contributed by atoms with Crippen molar-refractivity contribution in [2.45, 2.75) is 25.9 Å². The summed E-state index contributed by atoms with van der Waals surface area (Å²) < 4.78 is 12.4. The maximum Gasteiger partial charge on any atom is 0.303 e. The van der Waals surface area contributed by atoms with E-state index in [1.165, 1.54) is 0 Å². The van der Waals surface area contributed by atoms with E-state index in [9.17, 15) is 4.79 Å². The average molecular weight is 382 g/mol. The maximum absolute atomic E-state index is 10.5. The molecule has 0 saturated heterocycles. The third-order valence-electron chi connectivity index (χ3n) is 2.30. The summed E-state index contributed by atoms with van der Waals surface area (Å²) in [5.41, 5.74) is 0. The zero-order valence-electron chi connectivity index (χ0n) is 10.1. The molecule has 0 radical (unpaired) electrons. The minimum Gasteiger partial charge on any atom is -0.496 e. The molecule has 0 amide bonds. The Kier molecular flexibility index (Phi) is 5.95. The van der Waals surface area contributed by atoms with Gasteiger partial charge in [0.05, 0.1) is 22.2 Å². The van der Waals surface area contributed by atoms with E-state index in [0.29, 0.717) is 17.9 Å². The Balaban J connectivity index is 2.72. The molecule has 100 valence electrons. The van der Waals surface area contributed by atoms with Crippen molar-refractivity contribution in [2.24, 2.45) is 0 Å². The highest BCUT2D eigenvalue weighted by Gasteiger charge is 2.12. The van der Waals surface area contributed by atoms with Crippen molar-refractivity contribution in [3.8, 4) is 11.5 Å². The lowest BCUT2D eigenvalue weighted by Crippen LogP contribution is -2.14. The fourth-order valence-corrected chi connectivity index (χ4v) is 2.26. The van der Waals surface area contributed by atoms with Gasteiger partial charge in [-0.3, -0.25) is 4.79 Å². The lowest BCUT2D eigenvalue weighted by molar-refractivity contribution is -0.137. The molecule has 1 unspecified atom stereocenters. The van der Waals surface area contributed by atoms with Crippen LogP contribution in [0.2, 0.25) is 0 Å². The van der Waals surface area contributed by atoms with Crippen molar-refractivity contribution in [3.05, 3.63) is 21.1 Å². The Morgan fingerprint density at radius 2 is 1.89 bits per heavy atom. The van der Waals surface area contributed by atoms with Crippen LogP contribution in [0.1, 0.15) is 19.8 Å². The Bertz CT molecular complexity index is 434. The molecule has 0 bridgehead atoms. The van der Waals surface area contributed by atoms with Gasteiger partial charge in [0.15, 0.2) is 0 Å². The van der Waals surface area contributed by atoms with Crippen LogP contribution >= 0.6 is 31.9 Å². The van der Waals surface area contributed by atoms with Crippen LogP contribution < -0.4 is 9.47 Å². The fraction of sp³-hybridized carbons (Fsp3) is 0.417. The molecule has 0 heterocycles. The lowest BCUT2D eigenvalue weighted by atomic mass is 10.2. The van der Waals surface area contributed by atoms with Crippen LogP contribution in [0.15, 0.2) is 21.1 Å². The number of carboxylic acid groups (broad SMARTS) is 1. The van der Waals surface area contributed by atoms with Crippen molar-refractivity contribution < 1.29 is 19.4 Å². The topological polar surface area (TPSA) is 55.8 Å². The largest absolute Gasteiger partial charge is 0.496 e. The van der Waals surface area contributed by atoms with Crippen LogP contribution in [0.25, 0.3) is 0 Å². The summed E-state index contributed by atoms with van der Waals surface area (Å²) in [6.45, 7) is 1.84. The third kappa shape index (κ3) is 4.49. The van der Waals surface area contributed by atoms with Crippen molar-refractivity contribution in [1.29, 1.82) is 0 Å². The Morgan fingerprint density at radius 3 is 2.44 bits per heavy atom. The van der Waals surface area contributed by atoms with Crippen molar-refractivity contribution in [2.75, 3.05) is 7.11 Å². The number of methoxy groups -OCH3 is 1. The maximum atomic E-state index is 10.5. The average Bonchev–Trinajstić information content (AvgIpc) is 2.30. The summed E-state index contributed by atoms with van der Waals surface area (Å²) in [4.78, 5) is 10.5. The lowest BCUT2D eigenvalue weighted by Gasteiger charge is -2.16.